The third-order valence-electron chi connectivity index (χ3n) is 2.97. The number of nitrogens with zero attached hydrogens (tertiary/aromatic N) is 3. The molecule has 1 aromatic heterocycles. The van der Waals surface area contributed by atoms with Gasteiger partial charge < -0.3 is 15.5 Å². The normalized spacial score (nSPS) is 20.5. The Labute approximate surface area is 103 Å². The van der Waals surface area contributed by atoms with Crippen LogP contribution >= 0.6 is 0 Å². The van der Waals surface area contributed by atoms with Crippen molar-refractivity contribution in [2.45, 2.75) is 25.8 Å². The number of nitrogens with one attached hydrogen (secondary N) is 2. The summed E-state index contributed by atoms with van der Waals surface area (Å²) < 4.78 is 0. The summed E-state index contributed by atoms with van der Waals surface area (Å²) in [5.41, 5.74) is 0. The third-order valence-corrected chi connectivity index (χ3v) is 2.97. The van der Waals surface area contributed by atoms with Crippen molar-refractivity contribution in [3.05, 3.63) is 12.4 Å². The lowest BCUT2D eigenvalue weighted by Gasteiger charge is -2.14. The number of hydrogen-bond donors (Lipinski definition) is 2. The highest BCUT2D eigenvalue weighted by Crippen LogP contribution is 2.14. The lowest BCUT2D eigenvalue weighted by molar-refractivity contribution is 0.414. The van der Waals surface area contributed by atoms with Crippen molar-refractivity contribution in [1.29, 1.82) is 0 Å². The molecule has 1 fully saturated rings. The fourth-order valence-corrected chi connectivity index (χ4v) is 2.05. The van der Waals surface area contributed by atoms with Crippen molar-refractivity contribution in [3.8, 4) is 0 Å². The standard InChI is InChI=1S/C12H21N5/c1-3-5-13-11-7-12(15-9-14-11)16-10-4-6-17(2)8-10/h7,9-10H,3-6,8H2,1-2H3,(H2,13,14,15,16). The Hall–Kier alpha value is -1.36. The molecule has 1 atom stereocenters. The SMILES string of the molecule is CCCNc1cc(NC2CCN(C)C2)ncn1. The first kappa shape index (κ1) is 12.1. The Balaban J connectivity index is 1.91. The summed E-state index contributed by atoms with van der Waals surface area (Å²) in [6.07, 6.45) is 3.89. The van der Waals surface area contributed by atoms with Crippen LogP contribution in [0.1, 0.15) is 19.8 Å². The van der Waals surface area contributed by atoms with Gasteiger partial charge in [-0.2, -0.15) is 0 Å². The van der Waals surface area contributed by atoms with E-state index in [1.54, 1.807) is 6.33 Å². The van der Waals surface area contributed by atoms with E-state index in [9.17, 15) is 0 Å². The molecule has 17 heavy (non-hydrogen) atoms. The maximum atomic E-state index is 4.26. The minimum Gasteiger partial charge on any atom is -0.370 e. The topological polar surface area (TPSA) is 53.1 Å². The fourth-order valence-electron chi connectivity index (χ4n) is 2.05. The zero-order chi connectivity index (χ0) is 12.1. The minimum absolute atomic E-state index is 0.508. The molecule has 0 spiro atoms. The van der Waals surface area contributed by atoms with Crippen molar-refractivity contribution in [1.82, 2.24) is 14.9 Å². The summed E-state index contributed by atoms with van der Waals surface area (Å²) in [6, 6.07) is 2.49. The average Bonchev–Trinajstić information content (AvgIpc) is 2.73. The van der Waals surface area contributed by atoms with E-state index in [0.29, 0.717) is 6.04 Å². The summed E-state index contributed by atoms with van der Waals surface area (Å²) in [4.78, 5) is 10.8. The van der Waals surface area contributed by atoms with Gasteiger partial charge in [-0.25, -0.2) is 9.97 Å². The number of rotatable bonds is 5. The second-order valence-electron chi connectivity index (χ2n) is 4.61. The van der Waals surface area contributed by atoms with Crippen molar-refractivity contribution < 1.29 is 0 Å². The van der Waals surface area contributed by atoms with Crippen LogP contribution in [0.5, 0.6) is 0 Å². The van der Waals surface area contributed by atoms with Crippen LogP contribution in [-0.2, 0) is 0 Å². The van der Waals surface area contributed by atoms with Crippen LogP contribution in [0.3, 0.4) is 0 Å². The lowest BCUT2D eigenvalue weighted by Crippen LogP contribution is -2.24. The van der Waals surface area contributed by atoms with Crippen LogP contribution in [0.25, 0.3) is 0 Å². The molecule has 5 heteroatoms. The number of anilines is 2. The zero-order valence-corrected chi connectivity index (χ0v) is 10.6. The molecular formula is C12H21N5. The fraction of sp³-hybridized carbons (Fsp3) is 0.667. The second kappa shape index (κ2) is 5.82. The molecule has 1 aliphatic rings. The summed E-state index contributed by atoms with van der Waals surface area (Å²) >= 11 is 0. The summed E-state index contributed by atoms with van der Waals surface area (Å²) in [7, 11) is 2.15. The van der Waals surface area contributed by atoms with Gasteiger partial charge in [-0.15, -0.1) is 0 Å². The molecule has 1 aromatic rings. The van der Waals surface area contributed by atoms with Gasteiger partial charge >= 0.3 is 0 Å². The maximum absolute atomic E-state index is 4.26. The zero-order valence-electron chi connectivity index (χ0n) is 10.6. The van der Waals surface area contributed by atoms with Crippen LogP contribution in [-0.4, -0.2) is 47.6 Å². The van der Waals surface area contributed by atoms with Gasteiger partial charge in [-0.1, -0.05) is 6.92 Å². The quantitative estimate of drug-likeness (QED) is 0.808. The molecule has 0 bridgehead atoms. The molecule has 0 radical (unpaired) electrons. The largest absolute Gasteiger partial charge is 0.370 e. The summed E-state index contributed by atoms with van der Waals surface area (Å²) in [5.74, 6) is 1.81. The Bertz CT molecular complexity index is 355. The number of likely N-dealkylation sites (tertiary alicyclic amines) is 1. The first-order valence-electron chi connectivity index (χ1n) is 6.29. The molecule has 0 saturated carbocycles. The highest BCUT2D eigenvalue weighted by Gasteiger charge is 2.19. The van der Waals surface area contributed by atoms with Crippen LogP contribution in [0.15, 0.2) is 12.4 Å². The minimum atomic E-state index is 0.508. The molecule has 0 aromatic carbocycles. The molecule has 1 unspecified atom stereocenters. The number of aromatic nitrogens is 2. The van der Waals surface area contributed by atoms with E-state index in [0.717, 1.165) is 37.7 Å². The van der Waals surface area contributed by atoms with E-state index >= 15 is 0 Å². The Kier molecular flexibility index (Phi) is 4.14. The summed E-state index contributed by atoms with van der Waals surface area (Å²) in [6.45, 7) is 5.33. The van der Waals surface area contributed by atoms with E-state index in [-0.39, 0.29) is 0 Å². The molecule has 1 saturated heterocycles. The molecule has 2 rings (SSSR count). The van der Waals surface area contributed by atoms with Crippen molar-refractivity contribution in [2.75, 3.05) is 37.3 Å². The van der Waals surface area contributed by atoms with Crippen LogP contribution < -0.4 is 10.6 Å². The van der Waals surface area contributed by atoms with Crippen molar-refractivity contribution in [2.24, 2.45) is 0 Å². The monoisotopic (exact) mass is 235 g/mol. The Morgan fingerprint density at radius 3 is 2.94 bits per heavy atom. The van der Waals surface area contributed by atoms with Gasteiger partial charge in [-0.3, -0.25) is 0 Å². The first-order valence-corrected chi connectivity index (χ1v) is 6.29. The smallest absolute Gasteiger partial charge is 0.131 e. The van der Waals surface area contributed by atoms with Gasteiger partial charge in [0.1, 0.15) is 18.0 Å². The highest BCUT2D eigenvalue weighted by molar-refractivity contribution is 5.47. The molecule has 2 N–H and O–H groups in total. The molecule has 0 amide bonds. The highest BCUT2D eigenvalue weighted by atomic mass is 15.2. The Morgan fingerprint density at radius 1 is 1.41 bits per heavy atom. The third kappa shape index (κ3) is 3.56. The van der Waals surface area contributed by atoms with E-state index < -0.39 is 0 Å². The van der Waals surface area contributed by atoms with Gasteiger partial charge in [0.2, 0.25) is 0 Å². The summed E-state index contributed by atoms with van der Waals surface area (Å²) in [5, 5.41) is 6.72. The van der Waals surface area contributed by atoms with Crippen molar-refractivity contribution in [3.63, 3.8) is 0 Å². The van der Waals surface area contributed by atoms with E-state index in [1.807, 2.05) is 6.07 Å². The van der Waals surface area contributed by atoms with Gasteiger partial charge in [-0.05, 0) is 26.4 Å². The predicted molar refractivity (Wildman–Crippen MR) is 70.3 cm³/mol. The average molecular weight is 235 g/mol. The van der Waals surface area contributed by atoms with Crippen molar-refractivity contribution >= 4 is 11.6 Å². The second-order valence-corrected chi connectivity index (χ2v) is 4.61. The first-order chi connectivity index (χ1) is 8.28. The van der Waals surface area contributed by atoms with Gasteiger partial charge in [0.25, 0.3) is 0 Å². The molecule has 94 valence electrons. The predicted octanol–water partition coefficient (Wildman–Crippen LogP) is 1.41. The van der Waals surface area contributed by atoms with E-state index in [4.69, 9.17) is 0 Å². The number of likely N-dealkylation sites (N-methyl/N-ethyl adjacent to an activating group) is 1. The van der Waals surface area contributed by atoms with E-state index in [2.05, 4.69) is 39.5 Å². The van der Waals surface area contributed by atoms with Crippen LogP contribution in [0, 0.1) is 0 Å². The van der Waals surface area contributed by atoms with Gasteiger partial charge in [0.05, 0.1) is 0 Å². The van der Waals surface area contributed by atoms with Crippen LogP contribution in [0.2, 0.25) is 0 Å². The van der Waals surface area contributed by atoms with Gasteiger partial charge in [0.15, 0.2) is 0 Å². The molecule has 2 heterocycles. The molecule has 1 aliphatic heterocycles. The lowest BCUT2D eigenvalue weighted by atomic mass is 10.2. The Morgan fingerprint density at radius 2 is 2.24 bits per heavy atom. The maximum Gasteiger partial charge on any atom is 0.131 e. The van der Waals surface area contributed by atoms with Gasteiger partial charge in [0, 0.05) is 25.2 Å². The van der Waals surface area contributed by atoms with E-state index in [1.165, 1.54) is 6.42 Å². The molecule has 0 aliphatic carbocycles. The number of hydrogen-bond acceptors (Lipinski definition) is 5. The van der Waals surface area contributed by atoms with Crippen LogP contribution in [0.4, 0.5) is 11.6 Å². The molecule has 5 nitrogen and oxygen atoms in total. The molecular weight excluding hydrogens is 214 g/mol.